The first kappa shape index (κ1) is 10.4. The number of aryl methyl sites for hydroxylation is 2. The molecule has 0 amide bonds. The Kier molecular flexibility index (Phi) is 2.08. The molecule has 0 aliphatic heterocycles. The van der Waals surface area contributed by atoms with Gasteiger partial charge in [0.05, 0.1) is 0 Å². The van der Waals surface area contributed by atoms with Gasteiger partial charge in [-0.3, -0.25) is 0 Å². The van der Waals surface area contributed by atoms with Crippen LogP contribution >= 0.6 is 0 Å². The molecule has 0 aromatic carbocycles. The number of carbonyl (C=O) groups is 2. The fourth-order valence-corrected chi connectivity index (χ4v) is 3.03. The predicted octanol–water partition coefficient (Wildman–Crippen LogP) is -0.284. The van der Waals surface area contributed by atoms with Crippen molar-refractivity contribution in [3.63, 3.8) is 0 Å². The van der Waals surface area contributed by atoms with Crippen molar-refractivity contribution in [1.29, 1.82) is 0 Å². The van der Waals surface area contributed by atoms with Crippen molar-refractivity contribution in [3.05, 3.63) is 33.9 Å². The molecule has 0 N–H and O–H groups in total. The van der Waals surface area contributed by atoms with Crippen molar-refractivity contribution in [1.82, 2.24) is 18.2 Å². The Morgan fingerprint density at radius 1 is 0.824 bits per heavy atom. The topological polar surface area (TPSA) is 85.7 Å². The molecule has 7 heteroatoms. The zero-order chi connectivity index (χ0) is 12.2. The van der Waals surface area contributed by atoms with Gasteiger partial charge in [-0.2, -0.15) is 0 Å². The van der Waals surface area contributed by atoms with Crippen LogP contribution in [0.4, 0.5) is 0 Å². The Morgan fingerprint density at radius 2 is 1.24 bits per heavy atom. The number of nitrogens with zero attached hydrogens (tertiary/aromatic N) is 4. The van der Waals surface area contributed by atoms with E-state index in [9.17, 15) is 9.59 Å². The standard InChI is InChI=1S/C10H6N4O2Se/c1-3-5-6(4(2)12-11-3)10(16)8-7(9(5)15)13-17-14-8/h1-2H3. The van der Waals surface area contributed by atoms with Gasteiger partial charge in [0, 0.05) is 0 Å². The summed E-state index contributed by atoms with van der Waals surface area (Å²) in [4.78, 5) is 24.4. The molecule has 0 radical (unpaired) electrons. The number of aromatic nitrogens is 4. The Balaban J connectivity index is 2.42. The summed E-state index contributed by atoms with van der Waals surface area (Å²) in [6.45, 7) is 3.33. The Hall–Kier alpha value is -1.72. The number of hydrogen-bond acceptors (Lipinski definition) is 6. The number of fused-ring (bicyclic) bond motifs is 2. The first-order valence-corrected chi connectivity index (χ1v) is 6.40. The third-order valence-corrected chi connectivity index (χ3v) is 3.81. The Morgan fingerprint density at radius 3 is 1.65 bits per heavy atom. The van der Waals surface area contributed by atoms with Gasteiger partial charge in [-0.15, -0.1) is 0 Å². The molecule has 6 nitrogen and oxygen atoms in total. The van der Waals surface area contributed by atoms with Crippen LogP contribution in [0.15, 0.2) is 0 Å². The minimum atomic E-state index is -0.388. The van der Waals surface area contributed by atoms with Crippen molar-refractivity contribution < 1.29 is 9.59 Å². The Labute approximate surface area is 102 Å². The van der Waals surface area contributed by atoms with E-state index in [4.69, 9.17) is 0 Å². The van der Waals surface area contributed by atoms with Crippen LogP contribution in [-0.4, -0.2) is 44.7 Å². The summed E-state index contributed by atoms with van der Waals surface area (Å²) < 4.78 is 8.03. The van der Waals surface area contributed by atoms with E-state index in [2.05, 4.69) is 18.2 Å². The molecule has 2 aromatic rings. The van der Waals surface area contributed by atoms with Crippen LogP contribution in [0.5, 0.6) is 0 Å². The molecule has 84 valence electrons. The SMILES string of the molecule is Cc1nnc(C)c2c1C(=O)c1n[se]nc1C2=O. The summed E-state index contributed by atoms with van der Waals surface area (Å²) in [6.07, 6.45) is 0. The Bertz CT molecular complexity index is 621. The average Bonchev–Trinajstić information content (AvgIpc) is 2.78. The van der Waals surface area contributed by atoms with E-state index in [1.807, 2.05) is 0 Å². The van der Waals surface area contributed by atoms with E-state index in [0.29, 0.717) is 22.5 Å². The molecular weight excluding hydrogens is 287 g/mol. The molecule has 0 saturated carbocycles. The number of rotatable bonds is 0. The van der Waals surface area contributed by atoms with Gasteiger partial charge in [0.2, 0.25) is 0 Å². The summed E-state index contributed by atoms with van der Waals surface area (Å²) in [5, 5.41) is 7.76. The van der Waals surface area contributed by atoms with E-state index < -0.39 is 0 Å². The molecule has 0 saturated heterocycles. The molecule has 0 fully saturated rings. The van der Waals surface area contributed by atoms with Gasteiger partial charge in [-0.1, -0.05) is 0 Å². The van der Waals surface area contributed by atoms with Crippen LogP contribution in [0, 0.1) is 13.8 Å². The first-order valence-electron chi connectivity index (χ1n) is 4.87. The average molecular weight is 293 g/mol. The van der Waals surface area contributed by atoms with Crippen molar-refractivity contribution in [2.45, 2.75) is 13.8 Å². The third kappa shape index (κ3) is 1.26. The number of carbonyl (C=O) groups excluding carboxylic acids is 2. The summed E-state index contributed by atoms with van der Waals surface area (Å²) in [6, 6.07) is 0. The quantitative estimate of drug-likeness (QED) is 0.530. The molecule has 1 aliphatic carbocycles. The van der Waals surface area contributed by atoms with Crippen molar-refractivity contribution >= 4 is 26.5 Å². The van der Waals surface area contributed by atoms with Gasteiger partial charge in [0.25, 0.3) is 0 Å². The fraction of sp³-hybridized carbons (Fsp3) is 0.200. The van der Waals surface area contributed by atoms with E-state index in [1.54, 1.807) is 13.8 Å². The van der Waals surface area contributed by atoms with Crippen molar-refractivity contribution in [2.75, 3.05) is 0 Å². The van der Waals surface area contributed by atoms with Gasteiger partial charge in [-0.25, -0.2) is 0 Å². The minimum absolute atomic E-state index is 0.193. The summed E-state index contributed by atoms with van der Waals surface area (Å²) in [5.74, 6) is -0.513. The summed E-state index contributed by atoms with van der Waals surface area (Å²) in [5.41, 5.74) is 1.97. The molecule has 1 aliphatic rings. The molecule has 0 spiro atoms. The van der Waals surface area contributed by atoms with Gasteiger partial charge < -0.3 is 0 Å². The van der Waals surface area contributed by atoms with Crippen LogP contribution in [0.3, 0.4) is 0 Å². The van der Waals surface area contributed by atoms with Crippen LogP contribution in [-0.2, 0) is 0 Å². The molecule has 0 unspecified atom stereocenters. The van der Waals surface area contributed by atoms with Gasteiger partial charge >= 0.3 is 102 Å². The second kappa shape index (κ2) is 3.38. The maximum atomic E-state index is 12.2. The van der Waals surface area contributed by atoms with Crippen LogP contribution in [0.25, 0.3) is 0 Å². The van der Waals surface area contributed by atoms with E-state index in [-0.39, 0.29) is 37.9 Å². The monoisotopic (exact) mass is 294 g/mol. The predicted molar refractivity (Wildman–Crippen MR) is 57.3 cm³/mol. The van der Waals surface area contributed by atoms with Crippen molar-refractivity contribution in [2.24, 2.45) is 0 Å². The second-order valence-electron chi connectivity index (χ2n) is 3.74. The molecule has 3 rings (SSSR count). The van der Waals surface area contributed by atoms with Crippen LogP contribution < -0.4 is 0 Å². The van der Waals surface area contributed by atoms with Crippen LogP contribution in [0.2, 0.25) is 0 Å². The molecule has 0 atom stereocenters. The molecule has 2 heterocycles. The van der Waals surface area contributed by atoms with Gasteiger partial charge in [-0.05, 0) is 0 Å². The van der Waals surface area contributed by atoms with Crippen LogP contribution in [0.1, 0.15) is 43.5 Å². The number of hydrogen-bond donors (Lipinski definition) is 0. The summed E-state index contributed by atoms with van der Waals surface area (Å²) >= 11 is -0.388. The second-order valence-corrected chi connectivity index (χ2v) is 4.85. The third-order valence-electron chi connectivity index (χ3n) is 2.70. The van der Waals surface area contributed by atoms with E-state index in [1.165, 1.54) is 0 Å². The summed E-state index contributed by atoms with van der Waals surface area (Å²) in [7, 11) is 0. The molecule has 2 aromatic heterocycles. The first-order chi connectivity index (χ1) is 8.11. The molecule has 17 heavy (non-hydrogen) atoms. The van der Waals surface area contributed by atoms with E-state index in [0.717, 1.165) is 0 Å². The zero-order valence-corrected chi connectivity index (χ0v) is 10.7. The molecular formula is C10H6N4O2Se. The van der Waals surface area contributed by atoms with E-state index >= 15 is 0 Å². The van der Waals surface area contributed by atoms with Crippen molar-refractivity contribution in [3.8, 4) is 0 Å². The maximum absolute atomic E-state index is 12.2. The zero-order valence-electron chi connectivity index (χ0n) is 9.01. The van der Waals surface area contributed by atoms with Gasteiger partial charge in [0.1, 0.15) is 0 Å². The molecule has 0 bridgehead atoms. The van der Waals surface area contributed by atoms with Gasteiger partial charge in [0.15, 0.2) is 0 Å². The normalized spacial score (nSPS) is 13.5. The fourth-order valence-electron chi connectivity index (χ4n) is 1.89. The number of ketones is 2.